The lowest BCUT2D eigenvalue weighted by atomic mass is 10.0. The fraction of sp³-hybridized carbons (Fsp3) is 0.357. The van der Waals surface area contributed by atoms with Gasteiger partial charge >= 0.3 is 0 Å². The average Bonchev–Trinajstić information content (AvgIpc) is 2.84. The summed E-state index contributed by atoms with van der Waals surface area (Å²) < 4.78 is 3.41. The van der Waals surface area contributed by atoms with E-state index in [1.807, 2.05) is 13.4 Å². The van der Waals surface area contributed by atoms with Crippen LogP contribution in [0.15, 0.2) is 30.7 Å². The molecule has 1 aromatic heterocycles. The molecular formula is C14H18IN3. The summed E-state index contributed by atoms with van der Waals surface area (Å²) in [6, 6.07) is 6.57. The Morgan fingerprint density at radius 3 is 2.83 bits per heavy atom. The number of rotatable bonds is 4. The minimum Gasteiger partial charge on any atom is -0.337 e. The van der Waals surface area contributed by atoms with E-state index in [2.05, 4.69) is 75.7 Å². The summed E-state index contributed by atoms with van der Waals surface area (Å²) in [7, 11) is 1.98. The van der Waals surface area contributed by atoms with Gasteiger partial charge in [-0.2, -0.15) is 0 Å². The van der Waals surface area contributed by atoms with Crippen molar-refractivity contribution in [3.05, 3.63) is 51.1 Å². The highest BCUT2D eigenvalue weighted by atomic mass is 127. The number of halogens is 1. The highest BCUT2D eigenvalue weighted by molar-refractivity contribution is 14.1. The molecule has 96 valence electrons. The van der Waals surface area contributed by atoms with Crippen LogP contribution < -0.4 is 5.32 Å². The van der Waals surface area contributed by atoms with Crippen molar-refractivity contribution in [2.24, 2.45) is 0 Å². The van der Waals surface area contributed by atoms with Crippen molar-refractivity contribution in [3.8, 4) is 0 Å². The summed E-state index contributed by atoms with van der Waals surface area (Å²) in [6.45, 7) is 5.22. The second kappa shape index (κ2) is 5.84. The van der Waals surface area contributed by atoms with Gasteiger partial charge in [-0.25, -0.2) is 4.98 Å². The maximum Gasteiger partial charge on any atom is 0.0950 e. The molecule has 0 amide bonds. The van der Waals surface area contributed by atoms with Crippen molar-refractivity contribution in [1.29, 1.82) is 0 Å². The Kier molecular flexibility index (Phi) is 4.40. The molecule has 0 saturated heterocycles. The molecule has 1 heterocycles. The summed E-state index contributed by atoms with van der Waals surface area (Å²) in [5.41, 5.74) is 3.67. The number of hydrogen-bond acceptors (Lipinski definition) is 2. The van der Waals surface area contributed by atoms with Crippen molar-refractivity contribution < 1.29 is 0 Å². The van der Waals surface area contributed by atoms with E-state index in [1.165, 1.54) is 14.7 Å². The third kappa shape index (κ3) is 2.59. The van der Waals surface area contributed by atoms with Gasteiger partial charge in [-0.3, -0.25) is 0 Å². The summed E-state index contributed by atoms with van der Waals surface area (Å²) in [5.74, 6) is 0. The first kappa shape index (κ1) is 13.5. The van der Waals surface area contributed by atoms with Crippen molar-refractivity contribution in [3.63, 3.8) is 0 Å². The summed E-state index contributed by atoms with van der Waals surface area (Å²) in [5, 5.41) is 3.36. The summed E-state index contributed by atoms with van der Waals surface area (Å²) in [4.78, 5) is 4.50. The van der Waals surface area contributed by atoms with E-state index < -0.39 is 0 Å². The van der Waals surface area contributed by atoms with Gasteiger partial charge < -0.3 is 9.88 Å². The number of nitrogens with one attached hydrogen (secondary N) is 1. The third-order valence-electron chi connectivity index (χ3n) is 3.14. The van der Waals surface area contributed by atoms with E-state index in [0.29, 0.717) is 0 Å². The number of imidazole rings is 1. The van der Waals surface area contributed by atoms with Gasteiger partial charge in [0.15, 0.2) is 0 Å². The van der Waals surface area contributed by atoms with Crippen LogP contribution in [-0.4, -0.2) is 16.6 Å². The second-order valence-corrected chi connectivity index (χ2v) is 5.41. The Bertz CT molecular complexity index is 534. The highest BCUT2D eigenvalue weighted by Crippen LogP contribution is 2.26. The van der Waals surface area contributed by atoms with Gasteiger partial charge in [-0.05, 0) is 54.6 Å². The van der Waals surface area contributed by atoms with Crippen LogP contribution in [0.25, 0.3) is 0 Å². The summed E-state index contributed by atoms with van der Waals surface area (Å²) in [6.07, 6.45) is 4.00. The Hall–Kier alpha value is -0.880. The van der Waals surface area contributed by atoms with Crippen LogP contribution in [0.3, 0.4) is 0 Å². The molecule has 0 bridgehead atoms. The van der Waals surface area contributed by atoms with E-state index in [0.717, 1.165) is 12.2 Å². The molecule has 0 aliphatic rings. The van der Waals surface area contributed by atoms with Crippen molar-refractivity contribution in [2.45, 2.75) is 26.4 Å². The fourth-order valence-corrected chi connectivity index (χ4v) is 2.73. The topological polar surface area (TPSA) is 29.9 Å². The van der Waals surface area contributed by atoms with Crippen LogP contribution in [0.1, 0.15) is 29.8 Å². The zero-order valence-electron chi connectivity index (χ0n) is 10.9. The molecule has 2 rings (SSSR count). The smallest absolute Gasteiger partial charge is 0.0950 e. The number of aromatic nitrogens is 2. The minimum atomic E-state index is 0.157. The number of nitrogens with zero attached hydrogens (tertiary/aromatic N) is 2. The zero-order valence-corrected chi connectivity index (χ0v) is 13.1. The molecule has 0 aliphatic carbocycles. The Balaban J connectivity index is 2.41. The van der Waals surface area contributed by atoms with E-state index in [1.54, 1.807) is 0 Å². The van der Waals surface area contributed by atoms with Crippen LogP contribution in [0, 0.1) is 10.5 Å². The summed E-state index contributed by atoms with van der Waals surface area (Å²) >= 11 is 2.41. The normalized spacial score (nSPS) is 12.7. The Labute approximate surface area is 122 Å². The van der Waals surface area contributed by atoms with Gasteiger partial charge in [0, 0.05) is 16.3 Å². The van der Waals surface area contributed by atoms with Crippen LogP contribution in [-0.2, 0) is 6.54 Å². The maximum absolute atomic E-state index is 4.50. The molecule has 0 radical (unpaired) electrons. The molecular weight excluding hydrogens is 337 g/mol. The van der Waals surface area contributed by atoms with Gasteiger partial charge in [0.05, 0.1) is 18.1 Å². The monoisotopic (exact) mass is 355 g/mol. The Morgan fingerprint density at radius 1 is 1.44 bits per heavy atom. The molecule has 1 N–H and O–H groups in total. The third-order valence-corrected chi connectivity index (χ3v) is 4.61. The fourth-order valence-electron chi connectivity index (χ4n) is 2.06. The SMILES string of the molecule is CCn1cnc(C(NC)c2cccc(C)c2I)c1. The Morgan fingerprint density at radius 2 is 2.22 bits per heavy atom. The predicted octanol–water partition coefficient (Wildman–Crippen LogP) is 3.12. The first-order valence-electron chi connectivity index (χ1n) is 6.11. The van der Waals surface area contributed by atoms with Crippen molar-refractivity contribution in [2.75, 3.05) is 7.05 Å². The van der Waals surface area contributed by atoms with Crippen LogP contribution in [0.4, 0.5) is 0 Å². The van der Waals surface area contributed by atoms with E-state index in [-0.39, 0.29) is 6.04 Å². The van der Waals surface area contributed by atoms with E-state index in [4.69, 9.17) is 0 Å². The molecule has 3 nitrogen and oxygen atoms in total. The first-order chi connectivity index (χ1) is 8.67. The molecule has 0 spiro atoms. The highest BCUT2D eigenvalue weighted by Gasteiger charge is 2.17. The van der Waals surface area contributed by atoms with Gasteiger partial charge in [-0.15, -0.1) is 0 Å². The van der Waals surface area contributed by atoms with E-state index in [9.17, 15) is 0 Å². The molecule has 2 aromatic rings. The van der Waals surface area contributed by atoms with Gasteiger partial charge in [0.1, 0.15) is 0 Å². The quantitative estimate of drug-likeness (QED) is 0.855. The molecule has 4 heteroatoms. The van der Waals surface area contributed by atoms with Crippen LogP contribution >= 0.6 is 22.6 Å². The predicted molar refractivity (Wildman–Crippen MR) is 82.7 cm³/mol. The van der Waals surface area contributed by atoms with Gasteiger partial charge in [-0.1, -0.05) is 18.2 Å². The lowest BCUT2D eigenvalue weighted by Gasteiger charge is -2.17. The lowest BCUT2D eigenvalue weighted by Crippen LogP contribution is -2.19. The molecule has 0 fully saturated rings. The minimum absolute atomic E-state index is 0.157. The van der Waals surface area contributed by atoms with Crippen LogP contribution in [0.5, 0.6) is 0 Å². The van der Waals surface area contributed by atoms with Gasteiger partial charge in [0.25, 0.3) is 0 Å². The molecule has 1 unspecified atom stereocenters. The van der Waals surface area contributed by atoms with Crippen molar-refractivity contribution >= 4 is 22.6 Å². The number of aryl methyl sites for hydroxylation is 2. The molecule has 0 aliphatic heterocycles. The first-order valence-corrected chi connectivity index (χ1v) is 7.19. The number of hydrogen-bond donors (Lipinski definition) is 1. The average molecular weight is 355 g/mol. The van der Waals surface area contributed by atoms with Crippen LogP contribution in [0.2, 0.25) is 0 Å². The molecule has 0 saturated carbocycles. The maximum atomic E-state index is 4.50. The van der Waals surface area contributed by atoms with Crippen molar-refractivity contribution in [1.82, 2.24) is 14.9 Å². The lowest BCUT2D eigenvalue weighted by molar-refractivity contribution is 0.668. The zero-order chi connectivity index (χ0) is 13.1. The molecule has 1 atom stereocenters. The van der Waals surface area contributed by atoms with Gasteiger partial charge in [0.2, 0.25) is 0 Å². The molecule has 18 heavy (non-hydrogen) atoms. The second-order valence-electron chi connectivity index (χ2n) is 4.33. The van der Waals surface area contributed by atoms with E-state index >= 15 is 0 Å². The largest absolute Gasteiger partial charge is 0.337 e. The standard InChI is InChI=1S/C14H18IN3/c1-4-18-8-12(17-9-18)14(16-3)11-7-5-6-10(2)13(11)15/h5-9,14,16H,4H2,1-3H3. The molecule has 1 aromatic carbocycles. The number of benzene rings is 1.